The molecule has 0 aliphatic rings. The molecule has 3 N–H and O–H groups in total. The van der Waals surface area contributed by atoms with E-state index in [0.29, 0.717) is 17.4 Å². The number of nitrogens with zero attached hydrogens (tertiary/aromatic N) is 1. The van der Waals surface area contributed by atoms with E-state index in [2.05, 4.69) is 43.5 Å². The van der Waals surface area contributed by atoms with Crippen molar-refractivity contribution in [2.24, 2.45) is 0 Å². The molecule has 0 aromatic carbocycles. The average molecular weight is 812 g/mol. The SMILES string of the molecule is CCCCC/C=C/CC/C=C/CC/C=C/C(O)C(COP(=O)(O)OCC[N+](C)(C)C)NC(=O)CCCCCCCCCCCCCCCCCCCCCCC. The number of allylic oxidation sites excluding steroid dienone is 5. The number of phosphoric acid groups is 1. The van der Waals surface area contributed by atoms with Gasteiger partial charge in [0.15, 0.2) is 0 Å². The summed E-state index contributed by atoms with van der Waals surface area (Å²) in [6, 6.07) is -0.865. The van der Waals surface area contributed by atoms with Crippen molar-refractivity contribution < 1.29 is 32.9 Å². The normalized spacial score (nSPS) is 14.6. The van der Waals surface area contributed by atoms with Gasteiger partial charge in [-0.2, -0.15) is 0 Å². The van der Waals surface area contributed by atoms with Crippen molar-refractivity contribution in [1.29, 1.82) is 0 Å². The van der Waals surface area contributed by atoms with E-state index in [4.69, 9.17) is 9.05 Å². The van der Waals surface area contributed by atoms with Crippen molar-refractivity contribution in [2.45, 2.75) is 219 Å². The highest BCUT2D eigenvalue weighted by atomic mass is 31.2. The van der Waals surface area contributed by atoms with E-state index in [1.165, 1.54) is 135 Å². The maximum atomic E-state index is 12.9. The number of aliphatic hydroxyl groups is 1. The van der Waals surface area contributed by atoms with Crippen LogP contribution < -0.4 is 5.32 Å². The van der Waals surface area contributed by atoms with Crippen molar-refractivity contribution in [3.05, 3.63) is 36.5 Å². The number of amides is 1. The number of carbonyl (C=O) groups excluding carboxylic acids is 1. The van der Waals surface area contributed by atoms with Gasteiger partial charge in [-0.3, -0.25) is 13.8 Å². The summed E-state index contributed by atoms with van der Waals surface area (Å²) >= 11 is 0. The van der Waals surface area contributed by atoms with E-state index >= 15 is 0 Å². The van der Waals surface area contributed by atoms with Crippen molar-refractivity contribution in [3.8, 4) is 0 Å². The van der Waals surface area contributed by atoms with Crippen LogP contribution in [0.4, 0.5) is 0 Å². The fraction of sp³-hybridized carbons (Fsp3) is 0.851. The van der Waals surface area contributed by atoms with Crippen LogP contribution in [0.3, 0.4) is 0 Å². The van der Waals surface area contributed by atoms with Gasteiger partial charge in [0.05, 0.1) is 39.9 Å². The minimum Gasteiger partial charge on any atom is -0.387 e. The molecule has 330 valence electrons. The van der Waals surface area contributed by atoms with Gasteiger partial charge in [-0.05, 0) is 44.9 Å². The molecule has 0 heterocycles. The number of unbranched alkanes of at least 4 members (excludes halogenated alkanes) is 25. The van der Waals surface area contributed by atoms with Gasteiger partial charge in [-0.1, -0.05) is 192 Å². The lowest BCUT2D eigenvalue weighted by molar-refractivity contribution is -0.870. The minimum atomic E-state index is -4.35. The van der Waals surface area contributed by atoms with Crippen LogP contribution in [-0.2, 0) is 18.4 Å². The number of carbonyl (C=O) groups is 1. The summed E-state index contributed by atoms with van der Waals surface area (Å²) in [5, 5.41) is 13.8. The molecular formula is C47H92N2O6P+. The number of likely N-dealkylation sites (N-methyl/N-ethyl adjacent to an activating group) is 1. The molecule has 0 aliphatic heterocycles. The van der Waals surface area contributed by atoms with Crippen LogP contribution in [-0.4, -0.2) is 73.4 Å². The molecule has 0 saturated carbocycles. The summed E-state index contributed by atoms with van der Waals surface area (Å²) in [6.45, 7) is 4.76. The van der Waals surface area contributed by atoms with Crippen LogP contribution in [0, 0.1) is 0 Å². The highest BCUT2D eigenvalue weighted by Crippen LogP contribution is 2.43. The summed E-state index contributed by atoms with van der Waals surface area (Å²) in [5.41, 5.74) is 0. The third-order valence-corrected chi connectivity index (χ3v) is 11.3. The Balaban J connectivity index is 4.33. The van der Waals surface area contributed by atoms with Gasteiger partial charge in [0, 0.05) is 6.42 Å². The van der Waals surface area contributed by atoms with Gasteiger partial charge in [0.1, 0.15) is 13.2 Å². The first-order valence-electron chi connectivity index (χ1n) is 23.4. The molecule has 9 heteroatoms. The second-order valence-corrected chi connectivity index (χ2v) is 18.6. The molecule has 0 saturated heterocycles. The molecule has 0 aromatic heterocycles. The average Bonchev–Trinajstić information content (AvgIpc) is 3.15. The van der Waals surface area contributed by atoms with Crippen molar-refractivity contribution in [2.75, 3.05) is 40.9 Å². The Morgan fingerprint density at radius 3 is 1.43 bits per heavy atom. The van der Waals surface area contributed by atoms with Crippen LogP contribution >= 0.6 is 7.82 Å². The largest absolute Gasteiger partial charge is 0.472 e. The first kappa shape index (κ1) is 54.7. The molecule has 0 bridgehead atoms. The Hall–Kier alpha value is -1.28. The van der Waals surface area contributed by atoms with Crippen molar-refractivity contribution in [1.82, 2.24) is 5.32 Å². The molecule has 0 spiro atoms. The molecule has 3 unspecified atom stereocenters. The quantitative estimate of drug-likeness (QED) is 0.0245. The van der Waals surface area contributed by atoms with Crippen LogP contribution in [0.5, 0.6) is 0 Å². The third-order valence-electron chi connectivity index (χ3n) is 10.3. The number of phosphoric ester groups is 1. The van der Waals surface area contributed by atoms with Gasteiger partial charge < -0.3 is 19.8 Å². The summed E-state index contributed by atoms with van der Waals surface area (Å²) < 4.78 is 23.5. The number of rotatable bonds is 42. The van der Waals surface area contributed by atoms with Gasteiger partial charge in [0.2, 0.25) is 5.91 Å². The third kappa shape index (κ3) is 40.9. The van der Waals surface area contributed by atoms with Crippen LogP contribution in [0.25, 0.3) is 0 Å². The molecule has 0 aliphatic carbocycles. The molecule has 1 amide bonds. The molecule has 0 aromatic rings. The van der Waals surface area contributed by atoms with E-state index in [-0.39, 0.29) is 19.1 Å². The first-order chi connectivity index (χ1) is 27.0. The lowest BCUT2D eigenvalue weighted by Crippen LogP contribution is -2.45. The Morgan fingerprint density at radius 1 is 0.589 bits per heavy atom. The summed E-state index contributed by atoms with van der Waals surface area (Å²) in [5.74, 6) is -0.190. The summed E-state index contributed by atoms with van der Waals surface area (Å²) in [7, 11) is 1.55. The fourth-order valence-electron chi connectivity index (χ4n) is 6.60. The topological polar surface area (TPSA) is 105 Å². The van der Waals surface area contributed by atoms with Crippen molar-refractivity contribution in [3.63, 3.8) is 0 Å². The second-order valence-electron chi connectivity index (χ2n) is 17.1. The van der Waals surface area contributed by atoms with Crippen molar-refractivity contribution >= 4 is 13.7 Å². The van der Waals surface area contributed by atoms with Gasteiger partial charge in [-0.25, -0.2) is 4.57 Å². The zero-order chi connectivity index (χ0) is 41.4. The molecule has 3 atom stereocenters. The van der Waals surface area contributed by atoms with E-state index in [1.54, 1.807) is 6.08 Å². The Bertz CT molecular complexity index is 1010. The smallest absolute Gasteiger partial charge is 0.387 e. The monoisotopic (exact) mass is 812 g/mol. The maximum absolute atomic E-state index is 12.9. The standard InChI is InChI=1S/C47H91N2O6P/c1-6-8-10-12-14-16-18-20-21-22-23-24-25-26-27-29-31-33-35-37-39-41-47(51)48-45(44-55-56(52,53)54-43-42-49(3,4)5)46(50)40-38-36-34-32-30-28-19-17-15-13-11-9-7-2/h15,17,30,32,38,40,45-46,50H,6-14,16,18-29,31,33-37,39,41-44H2,1-5H3,(H-,48,51,52,53)/p+1/b17-15+,32-30+,40-38+. The maximum Gasteiger partial charge on any atom is 0.472 e. The van der Waals surface area contributed by atoms with E-state index in [0.717, 1.165) is 51.4 Å². The Morgan fingerprint density at radius 2 is 0.982 bits per heavy atom. The lowest BCUT2D eigenvalue weighted by atomic mass is 10.0. The van der Waals surface area contributed by atoms with Crippen LogP contribution in [0.15, 0.2) is 36.5 Å². The first-order valence-corrected chi connectivity index (χ1v) is 24.9. The van der Waals surface area contributed by atoms with Gasteiger partial charge in [-0.15, -0.1) is 0 Å². The van der Waals surface area contributed by atoms with Crippen LogP contribution in [0.2, 0.25) is 0 Å². The van der Waals surface area contributed by atoms with Crippen LogP contribution in [0.1, 0.15) is 206 Å². The minimum absolute atomic E-state index is 0.0546. The summed E-state index contributed by atoms with van der Waals surface area (Å²) in [6.07, 6.45) is 47.9. The fourth-order valence-corrected chi connectivity index (χ4v) is 7.34. The molecule has 0 fully saturated rings. The Kier molecular flexibility index (Phi) is 38.3. The van der Waals surface area contributed by atoms with E-state index in [9.17, 15) is 19.4 Å². The van der Waals surface area contributed by atoms with E-state index < -0.39 is 20.0 Å². The molecule has 0 rings (SSSR count). The highest BCUT2D eigenvalue weighted by Gasteiger charge is 2.27. The Labute approximate surface area is 347 Å². The lowest BCUT2D eigenvalue weighted by Gasteiger charge is -2.25. The molecular weight excluding hydrogens is 719 g/mol. The predicted octanol–water partition coefficient (Wildman–Crippen LogP) is 13.1. The number of aliphatic hydroxyl groups excluding tert-OH is 1. The predicted molar refractivity (Wildman–Crippen MR) is 240 cm³/mol. The zero-order valence-electron chi connectivity index (χ0n) is 37.4. The highest BCUT2D eigenvalue weighted by molar-refractivity contribution is 7.47. The zero-order valence-corrected chi connectivity index (χ0v) is 38.3. The van der Waals surface area contributed by atoms with E-state index in [1.807, 2.05) is 27.2 Å². The molecule has 8 nitrogen and oxygen atoms in total. The molecule has 0 radical (unpaired) electrons. The van der Waals surface area contributed by atoms with Gasteiger partial charge >= 0.3 is 7.82 Å². The number of hydrogen-bond acceptors (Lipinski definition) is 5. The number of hydrogen-bond donors (Lipinski definition) is 3. The number of quaternary nitrogens is 1. The summed E-state index contributed by atoms with van der Waals surface area (Å²) in [4.78, 5) is 23.1. The molecule has 56 heavy (non-hydrogen) atoms. The van der Waals surface area contributed by atoms with Gasteiger partial charge in [0.25, 0.3) is 0 Å². The second kappa shape index (κ2) is 39.2. The number of nitrogens with one attached hydrogen (secondary N) is 1.